The van der Waals surface area contributed by atoms with Crippen molar-refractivity contribution in [1.82, 2.24) is 14.9 Å². The number of halogens is 1. The zero-order valence-electron chi connectivity index (χ0n) is 11.9. The molecule has 2 unspecified atom stereocenters. The van der Waals surface area contributed by atoms with Gasteiger partial charge in [-0.25, -0.2) is 4.98 Å². The largest absolute Gasteiger partial charge is 0.395 e. The van der Waals surface area contributed by atoms with Gasteiger partial charge in [0.2, 0.25) is 0 Å². The number of imidazole rings is 1. The Hall–Kier alpha value is -0.750. The van der Waals surface area contributed by atoms with E-state index in [0.29, 0.717) is 11.6 Å². The van der Waals surface area contributed by atoms with Crippen LogP contribution in [0.2, 0.25) is 5.02 Å². The first-order chi connectivity index (χ1) is 9.56. The highest BCUT2D eigenvalue weighted by atomic mass is 35.5. The van der Waals surface area contributed by atoms with Crippen molar-refractivity contribution in [3.63, 3.8) is 0 Å². The fourth-order valence-corrected chi connectivity index (χ4v) is 3.02. The number of hydrogen-bond acceptors (Lipinski definition) is 4. The zero-order valence-corrected chi connectivity index (χ0v) is 13.5. The van der Waals surface area contributed by atoms with E-state index >= 15 is 0 Å². The molecule has 0 saturated heterocycles. The van der Waals surface area contributed by atoms with Gasteiger partial charge in [-0.3, -0.25) is 0 Å². The number of aromatic nitrogens is 2. The molecule has 0 radical (unpaired) electrons. The van der Waals surface area contributed by atoms with Crippen molar-refractivity contribution in [1.29, 1.82) is 0 Å². The van der Waals surface area contributed by atoms with Gasteiger partial charge in [0, 0.05) is 23.4 Å². The maximum absolute atomic E-state index is 9.30. The lowest BCUT2D eigenvalue weighted by Crippen LogP contribution is -2.37. The van der Waals surface area contributed by atoms with Crippen LogP contribution in [0.15, 0.2) is 18.2 Å². The molecule has 20 heavy (non-hydrogen) atoms. The lowest BCUT2D eigenvalue weighted by atomic mass is 10.2. The summed E-state index contributed by atoms with van der Waals surface area (Å²) in [5.74, 6) is 0.965. The third-order valence-corrected chi connectivity index (χ3v) is 4.96. The van der Waals surface area contributed by atoms with Crippen LogP contribution in [-0.2, 0) is 13.6 Å². The SMILES string of the molecule is CSC(CO)C(C)NCc1nc2cc(Cl)ccc2n1C. The Bertz CT molecular complexity index is 583. The summed E-state index contributed by atoms with van der Waals surface area (Å²) in [6.45, 7) is 2.92. The molecule has 2 rings (SSSR count). The molecular formula is C14H20ClN3OS. The minimum Gasteiger partial charge on any atom is -0.395 e. The van der Waals surface area contributed by atoms with Crippen molar-refractivity contribution >= 4 is 34.4 Å². The summed E-state index contributed by atoms with van der Waals surface area (Å²) in [6.07, 6.45) is 2.01. The Labute approximate surface area is 128 Å². The molecule has 0 fully saturated rings. The number of aryl methyl sites for hydroxylation is 1. The second-order valence-corrected chi connectivity index (χ2v) is 6.36. The number of thioether (sulfide) groups is 1. The molecule has 0 aliphatic carbocycles. The molecule has 0 saturated carbocycles. The van der Waals surface area contributed by atoms with Crippen LogP contribution < -0.4 is 5.32 Å². The zero-order chi connectivity index (χ0) is 14.7. The first-order valence-corrected chi connectivity index (χ1v) is 8.21. The van der Waals surface area contributed by atoms with Gasteiger partial charge in [0.15, 0.2) is 0 Å². The molecule has 2 aromatic rings. The Balaban J connectivity index is 2.12. The quantitative estimate of drug-likeness (QED) is 0.860. The van der Waals surface area contributed by atoms with E-state index in [4.69, 9.17) is 11.6 Å². The minimum atomic E-state index is 0.174. The summed E-state index contributed by atoms with van der Waals surface area (Å²) in [5, 5.41) is 13.6. The molecule has 0 aliphatic heterocycles. The van der Waals surface area contributed by atoms with Gasteiger partial charge in [0.05, 0.1) is 24.2 Å². The van der Waals surface area contributed by atoms with E-state index < -0.39 is 0 Å². The number of aliphatic hydroxyl groups excluding tert-OH is 1. The number of nitrogens with zero attached hydrogens (tertiary/aromatic N) is 2. The Morgan fingerprint density at radius 2 is 2.25 bits per heavy atom. The fraction of sp³-hybridized carbons (Fsp3) is 0.500. The highest BCUT2D eigenvalue weighted by Crippen LogP contribution is 2.20. The highest BCUT2D eigenvalue weighted by molar-refractivity contribution is 7.99. The molecule has 110 valence electrons. The molecule has 2 atom stereocenters. The van der Waals surface area contributed by atoms with Crippen molar-refractivity contribution in [2.45, 2.75) is 24.8 Å². The van der Waals surface area contributed by atoms with Crippen LogP contribution in [0, 0.1) is 0 Å². The highest BCUT2D eigenvalue weighted by Gasteiger charge is 2.16. The lowest BCUT2D eigenvalue weighted by molar-refractivity contribution is 0.275. The van der Waals surface area contributed by atoms with Crippen molar-refractivity contribution in [3.05, 3.63) is 29.0 Å². The van der Waals surface area contributed by atoms with Gasteiger partial charge in [0.25, 0.3) is 0 Å². The van der Waals surface area contributed by atoms with Crippen molar-refractivity contribution in [2.24, 2.45) is 7.05 Å². The topological polar surface area (TPSA) is 50.1 Å². The monoisotopic (exact) mass is 313 g/mol. The third-order valence-electron chi connectivity index (χ3n) is 3.56. The Morgan fingerprint density at radius 3 is 2.90 bits per heavy atom. The smallest absolute Gasteiger partial charge is 0.123 e. The van der Waals surface area contributed by atoms with E-state index in [1.807, 2.05) is 31.5 Å². The van der Waals surface area contributed by atoms with Gasteiger partial charge in [-0.15, -0.1) is 0 Å². The number of benzene rings is 1. The van der Waals surface area contributed by atoms with E-state index in [9.17, 15) is 5.11 Å². The predicted molar refractivity (Wildman–Crippen MR) is 86.4 cm³/mol. The van der Waals surface area contributed by atoms with Crippen LogP contribution in [0.25, 0.3) is 11.0 Å². The average molecular weight is 314 g/mol. The number of rotatable bonds is 6. The molecule has 1 aromatic carbocycles. The average Bonchev–Trinajstić information content (AvgIpc) is 2.74. The van der Waals surface area contributed by atoms with Crippen LogP contribution in [0.3, 0.4) is 0 Å². The molecule has 0 bridgehead atoms. The first kappa shape index (κ1) is 15.6. The number of hydrogen-bond donors (Lipinski definition) is 2. The molecule has 4 nitrogen and oxygen atoms in total. The van der Waals surface area contributed by atoms with Gasteiger partial charge in [-0.1, -0.05) is 11.6 Å². The summed E-state index contributed by atoms with van der Waals surface area (Å²) < 4.78 is 2.07. The molecule has 2 N–H and O–H groups in total. The summed E-state index contributed by atoms with van der Waals surface area (Å²) in [7, 11) is 2.00. The molecule has 0 aliphatic rings. The predicted octanol–water partition coefficient (Wildman–Crippen LogP) is 2.43. The minimum absolute atomic E-state index is 0.174. The standard InChI is InChI=1S/C14H20ClN3OS/c1-9(13(8-19)20-3)16-7-14-17-11-6-10(15)4-5-12(11)18(14)2/h4-6,9,13,16,19H,7-8H2,1-3H3. The number of fused-ring (bicyclic) bond motifs is 1. The van der Waals surface area contributed by atoms with Gasteiger partial charge >= 0.3 is 0 Å². The number of aliphatic hydroxyl groups is 1. The van der Waals surface area contributed by atoms with Crippen LogP contribution in [0.1, 0.15) is 12.7 Å². The Morgan fingerprint density at radius 1 is 1.50 bits per heavy atom. The van der Waals surface area contributed by atoms with E-state index in [0.717, 1.165) is 16.9 Å². The van der Waals surface area contributed by atoms with Crippen molar-refractivity contribution < 1.29 is 5.11 Å². The van der Waals surface area contributed by atoms with Gasteiger partial charge < -0.3 is 15.0 Å². The maximum Gasteiger partial charge on any atom is 0.123 e. The van der Waals surface area contributed by atoms with E-state index in [1.165, 1.54) is 0 Å². The summed E-state index contributed by atoms with van der Waals surface area (Å²) in [5.41, 5.74) is 1.98. The van der Waals surface area contributed by atoms with E-state index in [1.54, 1.807) is 11.8 Å². The van der Waals surface area contributed by atoms with Crippen LogP contribution in [0.4, 0.5) is 0 Å². The summed E-state index contributed by atoms with van der Waals surface area (Å²) in [6, 6.07) is 5.96. The van der Waals surface area contributed by atoms with Crippen molar-refractivity contribution in [2.75, 3.05) is 12.9 Å². The van der Waals surface area contributed by atoms with Crippen LogP contribution >= 0.6 is 23.4 Å². The Kier molecular flexibility index (Phi) is 5.32. The van der Waals surface area contributed by atoms with Gasteiger partial charge in [-0.05, 0) is 31.4 Å². The summed E-state index contributed by atoms with van der Waals surface area (Å²) >= 11 is 7.66. The molecule has 0 spiro atoms. The van der Waals surface area contributed by atoms with Gasteiger partial charge in [-0.2, -0.15) is 11.8 Å². The first-order valence-electron chi connectivity index (χ1n) is 6.54. The molecular weight excluding hydrogens is 294 g/mol. The van der Waals surface area contributed by atoms with Crippen LogP contribution in [0.5, 0.6) is 0 Å². The number of nitrogens with one attached hydrogen (secondary N) is 1. The second kappa shape index (κ2) is 6.80. The lowest BCUT2D eigenvalue weighted by Gasteiger charge is -2.21. The molecule has 1 heterocycles. The van der Waals surface area contributed by atoms with Gasteiger partial charge in [0.1, 0.15) is 5.82 Å². The van der Waals surface area contributed by atoms with E-state index in [2.05, 4.69) is 21.8 Å². The molecule has 6 heteroatoms. The fourth-order valence-electron chi connectivity index (χ4n) is 2.20. The van der Waals surface area contributed by atoms with Crippen molar-refractivity contribution in [3.8, 4) is 0 Å². The maximum atomic E-state index is 9.30. The molecule has 0 amide bonds. The second-order valence-electron chi connectivity index (χ2n) is 4.85. The van der Waals surface area contributed by atoms with Crippen LogP contribution in [-0.4, -0.2) is 38.8 Å². The normalized spacial score (nSPS) is 14.7. The summed E-state index contributed by atoms with van der Waals surface area (Å²) in [4.78, 5) is 4.60. The molecule has 1 aromatic heterocycles. The third kappa shape index (κ3) is 3.28. The van der Waals surface area contributed by atoms with E-state index in [-0.39, 0.29) is 17.9 Å².